The summed E-state index contributed by atoms with van der Waals surface area (Å²) in [7, 11) is 0. The van der Waals surface area contributed by atoms with E-state index < -0.39 is 5.41 Å². The van der Waals surface area contributed by atoms with E-state index >= 15 is 0 Å². The third kappa shape index (κ3) is 7.13. The second-order valence-electron chi connectivity index (χ2n) is 27.5. The first-order chi connectivity index (χ1) is 45.6. The van der Waals surface area contributed by atoms with Crippen molar-refractivity contribution in [3.05, 3.63) is 348 Å². The lowest BCUT2D eigenvalue weighted by atomic mass is 9.70. The molecule has 14 aromatic carbocycles. The summed E-state index contributed by atoms with van der Waals surface area (Å²) in [4.78, 5) is 0. The molecule has 4 aliphatic carbocycles. The van der Waals surface area contributed by atoms with Gasteiger partial charge in [-0.2, -0.15) is 0 Å². The maximum absolute atomic E-state index is 2.55. The van der Waals surface area contributed by atoms with Gasteiger partial charge >= 0.3 is 0 Å². The molecule has 2 heterocycles. The summed E-state index contributed by atoms with van der Waals surface area (Å²) in [6.07, 6.45) is 0. The normalized spacial score (nSPS) is 14.5. The van der Waals surface area contributed by atoms with Gasteiger partial charge in [0.25, 0.3) is 0 Å². The number of para-hydroxylation sites is 4. The zero-order valence-corrected chi connectivity index (χ0v) is 52.3. The van der Waals surface area contributed by atoms with Gasteiger partial charge in [0.05, 0.1) is 27.5 Å². The number of rotatable bonds is 6. The molecular formula is C91H62N2. The minimum atomic E-state index is -0.520. The molecule has 1 spiro atoms. The van der Waals surface area contributed by atoms with Crippen LogP contribution in [0.1, 0.15) is 72.2 Å². The molecule has 0 aliphatic heterocycles. The van der Waals surface area contributed by atoms with Crippen molar-refractivity contribution in [3.63, 3.8) is 0 Å². The maximum atomic E-state index is 2.55. The number of aromatic nitrogens is 2. The summed E-state index contributed by atoms with van der Waals surface area (Å²) in [6, 6.07) is 115. The average molecular weight is 1180 g/mol. The monoisotopic (exact) mass is 1180 g/mol. The van der Waals surface area contributed by atoms with Crippen LogP contribution in [0.4, 0.5) is 0 Å². The van der Waals surface area contributed by atoms with E-state index in [0.717, 1.165) is 0 Å². The first-order valence-corrected chi connectivity index (χ1v) is 32.9. The van der Waals surface area contributed by atoms with E-state index in [9.17, 15) is 0 Å². The van der Waals surface area contributed by atoms with Crippen molar-refractivity contribution >= 4 is 43.6 Å². The summed E-state index contributed by atoms with van der Waals surface area (Å²) in [6.45, 7) is 9.69. The van der Waals surface area contributed by atoms with Gasteiger partial charge in [0.1, 0.15) is 0 Å². The molecule has 0 fully saturated rings. The largest absolute Gasteiger partial charge is 0.309 e. The number of hydrogen-bond acceptors (Lipinski definition) is 0. The van der Waals surface area contributed by atoms with Crippen LogP contribution in [0, 0.1) is 0 Å². The zero-order valence-electron chi connectivity index (χ0n) is 52.3. The summed E-state index contributed by atoms with van der Waals surface area (Å²) >= 11 is 0. The highest BCUT2D eigenvalue weighted by molar-refractivity contribution is 6.12. The molecule has 0 N–H and O–H groups in total. The highest BCUT2D eigenvalue weighted by Gasteiger charge is 2.52. The molecule has 0 unspecified atom stereocenters. The third-order valence-electron chi connectivity index (χ3n) is 22.1. The van der Waals surface area contributed by atoms with E-state index in [1.54, 1.807) is 0 Å². The van der Waals surface area contributed by atoms with Gasteiger partial charge in [-0.1, -0.05) is 234 Å². The van der Waals surface area contributed by atoms with Gasteiger partial charge in [-0.25, -0.2) is 0 Å². The minimum Gasteiger partial charge on any atom is -0.309 e. The molecule has 2 heteroatoms. The molecule has 2 aromatic heterocycles. The predicted octanol–water partition coefficient (Wildman–Crippen LogP) is 23.5. The van der Waals surface area contributed by atoms with E-state index in [0.29, 0.717) is 0 Å². The first-order valence-electron chi connectivity index (χ1n) is 32.9. The van der Waals surface area contributed by atoms with Crippen molar-refractivity contribution in [2.24, 2.45) is 0 Å². The molecule has 0 atom stereocenters. The Balaban J connectivity index is 0.659. The smallest absolute Gasteiger partial charge is 0.0725 e. The molecule has 0 saturated heterocycles. The van der Waals surface area contributed by atoms with E-state index in [-0.39, 0.29) is 10.8 Å². The predicted molar refractivity (Wildman–Crippen MR) is 388 cm³/mol. The molecule has 0 saturated carbocycles. The topological polar surface area (TPSA) is 9.86 Å². The Morgan fingerprint density at radius 3 is 0.817 bits per heavy atom. The fourth-order valence-electron chi connectivity index (χ4n) is 17.7. The van der Waals surface area contributed by atoms with Gasteiger partial charge < -0.3 is 9.13 Å². The minimum absolute atomic E-state index is 0.223. The maximum Gasteiger partial charge on any atom is 0.0725 e. The Morgan fingerprint density at radius 1 is 0.194 bits per heavy atom. The second-order valence-corrected chi connectivity index (χ2v) is 27.5. The van der Waals surface area contributed by atoms with Crippen LogP contribution in [0.25, 0.3) is 144 Å². The molecule has 93 heavy (non-hydrogen) atoms. The molecule has 20 rings (SSSR count). The molecular weight excluding hydrogens is 1120 g/mol. The number of nitrogens with zero attached hydrogens (tertiary/aromatic N) is 2. The molecule has 0 amide bonds. The average Bonchev–Trinajstić information content (AvgIpc) is 1.51. The molecule has 0 bridgehead atoms. The Morgan fingerprint density at radius 2 is 0.452 bits per heavy atom. The molecule has 16 aromatic rings. The quantitative estimate of drug-likeness (QED) is 0.157. The molecule has 436 valence electrons. The highest BCUT2D eigenvalue weighted by atomic mass is 15.0. The van der Waals surface area contributed by atoms with Crippen LogP contribution in [0.5, 0.6) is 0 Å². The van der Waals surface area contributed by atoms with E-state index in [1.165, 1.54) is 189 Å². The summed E-state index contributed by atoms with van der Waals surface area (Å²) in [5.74, 6) is 0. The van der Waals surface area contributed by atoms with E-state index in [4.69, 9.17) is 0 Å². The molecule has 0 radical (unpaired) electrons. The Hall–Kier alpha value is -11.3. The highest BCUT2D eigenvalue weighted by Crippen LogP contribution is 2.64. The number of benzene rings is 14. The standard InChI is InChI=1S/C91H62N2/c1-89(2)79-49-57(55-37-45-87-75(47-55)73-25-13-17-29-85(73)92(87)63-19-7-5-8-20-63)31-39-67(79)69-41-33-59(51-81(69)89)61-35-43-71-72-44-36-62(54-84(72)91(83(71)53-61)77-27-15-11-23-65(77)66-24-12-16-28-78(66)91)60-34-42-70-68-40-32-58(50-80(68)90(3,4)82(70)52-60)56-38-46-88-76(48-56)74-26-14-18-30-86(74)93(88)64-21-9-6-10-22-64/h5-54H,1-4H3. The Bertz CT molecular complexity index is 5560. The summed E-state index contributed by atoms with van der Waals surface area (Å²) < 4.78 is 4.79. The number of fused-ring (bicyclic) bond motifs is 22. The van der Waals surface area contributed by atoms with Crippen molar-refractivity contribution < 1.29 is 0 Å². The summed E-state index contributed by atoms with van der Waals surface area (Å²) in [5, 5.41) is 5.07. The number of hydrogen-bond donors (Lipinski definition) is 0. The van der Waals surface area contributed by atoms with Gasteiger partial charge in [-0.05, 0) is 231 Å². The van der Waals surface area contributed by atoms with Gasteiger partial charge in [0, 0.05) is 43.7 Å². The SMILES string of the molecule is CC1(C)c2cc(-c3ccc4c(c3)C3(c5ccccc5-c5ccccc53)c3cc(-c5ccc6c(c5)C(C)(C)c5cc(-c7ccc8c(c7)c7ccccc7n8-c7ccccc7)ccc5-6)ccc3-4)ccc2-c2ccc(-c3ccc4c(c3)c3ccccc3n4-c3ccccc3)cc21. The third-order valence-corrected chi connectivity index (χ3v) is 22.1. The first kappa shape index (κ1) is 52.5. The van der Waals surface area contributed by atoms with Crippen molar-refractivity contribution in [2.45, 2.75) is 43.9 Å². The van der Waals surface area contributed by atoms with Crippen molar-refractivity contribution in [2.75, 3.05) is 0 Å². The Kier molecular flexibility index (Phi) is 10.7. The van der Waals surface area contributed by atoms with Crippen LogP contribution >= 0.6 is 0 Å². The van der Waals surface area contributed by atoms with Crippen molar-refractivity contribution in [1.29, 1.82) is 0 Å². The molecule has 4 aliphatic rings. The summed E-state index contributed by atoms with van der Waals surface area (Å²) in [5.41, 5.74) is 37.6. The van der Waals surface area contributed by atoms with Crippen LogP contribution in [0.15, 0.2) is 303 Å². The van der Waals surface area contributed by atoms with Crippen LogP contribution in [0.3, 0.4) is 0 Å². The van der Waals surface area contributed by atoms with E-state index in [1.807, 2.05) is 0 Å². The van der Waals surface area contributed by atoms with Gasteiger partial charge in [0.2, 0.25) is 0 Å². The van der Waals surface area contributed by atoms with Crippen molar-refractivity contribution in [3.8, 4) is 100 Å². The van der Waals surface area contributed by atoms with Crippen LogP contribution < -0.4 is 0 Å². The van der Waals surface area contributed by atoms with Crippen molar-refractivity contribution in [1.82, 2.24) is 9.13 Å². The lowest BCUT2D eigenvalue weighted by Gasteiger charge is -2.31. The fraction of sp³-hybridized carbons (Fsp3) is 0.0769. The Labute approximate surface area is 541 Å². The lowest BCUT2D eigenvalue weighted by Crippen LogP contribution is -2.26. The zero-order chi connectivity index (χ0) is 61.6. The lowest BCUT2D eigenvalue weighted by molar-refractivity contribution is 0.660. The van der Waals surface area contributed by atoms with Gasteiger partial charge in [-0.15, -0.1) is 0 Å². The molecule has 2 nitrogen and oxygen atoms in total. The van der Waals surface area contributed by atoms with Crippen LogP contribution in [0.2, 0.25) is 0 Å². The van der Waals surface area contributed by atoms with E-state index in [2.05, 4.69) is 340 Å². The fourth-order valence-corrected chi connectivity index (χ4v) is 17.7. The van der Waals surface area contributed by atoms with Crippen LogP contribution in [-0.4, -0.2) is 9.13 Å². The second kappa shape index (κ2) is 18.9. The van der Waals surface area contributed by atoms with Gasteiger partial charge in [0.15, 0.2) is 0 Å². The van der Waals surface area contributed by atoms with Gasteiger partial charge in [-0.3, -0.25) is 0 Å². The van der Waals surface area contributed by atoms with Crippen LogP contribution in [-0.2, 0) is 16.2 Å².